The third-order valence-electron chi connectivity index (χ3n) is 2.98. The Kier molecular flexibility index (Phi) is 5.16. The fraction of sp³-hybridized carbons (Fsp3) is 0.538. The van der Waals surface area contributed by atoms with Gasteiger partial charge in [0.1, 0.15) is 0 Å². The summed E-state index contributed by atoms with van der Waals surface area (Å²) in [5, 5.41) is 0. The van der Waals surface area contributed by atoms with Crippen molar-refractivity contribution >= 4 is 15.7 Å². The van der Waals surface area contributed by atoms with Crippen LogP contribution >= 0.6 is 0 Å². The predicted octanol–water partition coefficient (Wildman–Crippen LogP) is 1.71. The number of sulfonamides is 1. The Labute approximate surface area is 110 Å². The van der Waals surface area contributed by atoms with E-state index in [-0.39, 0.29) is 0 Å². The molecule has 0 bridgehead atoms. The molecule has 5 heteroatoms. The molecule has 0 heterocycles. The van der Waals surface area contributed by atoms with Crippen LogP contribution in [0.1, 0.15) is 12.5 Å². The SMILES string of the molecule is CCN(CCN(C)c1ccc(C)cc1)S(C)(=O)=O. The van der Waals surface area contributed by atoms with Crippen LogP contribution in [0.5, 0.6) is 0 Å². The van der Waals surface area contributed by atoms with Crippen molar-refractivity contribution in [3.05, 3.63) is 29.8 Å². The van der Waals surface area contributed by atoms with E-state index < -0.39 is 10.0 Å². The highest BCUT2D eigenvalue weighted by atomic mass is 32.2. The van der Waals surface area contributed by atoms with Crippen molar-refractivity contribution in [2.75, 3.05) is 37.8 Å². The first-order valence-electron chi connectivity index (χ1n) is 6.07. The van der Waals surface area contributed by atoms with Crippen molar-refractivity contribution in [1.82, 2.24) is 4.31 Å². The number of likely N-dealkylation sites (N-methyl/N-ethyl adjacent to an activating group) is 2. The maximum absolute atomic E-state index is 11.5. The van der Waals surface area contributed by atoms with Gasteiger partial charge in [-0.1, -0.05) is 24.6 Å². The molecule has 0 amide bonds. The summed E-state index contributed by atoms with van der Waals surface area (Å²) < 4.78 is 24.4. The fourth-order valence-corrected chi connectivity index (χ4v) is 2.63. The summed E-state index contributed by atoms with van der Waals surface area (Å²) >= 11 is 0. The Morgan fingerprint density at radius 3 is 2.11 bits per heavy atom. The zero-order valence-electron chi connectivity index (χ0n) is 11.5. The van der Waals surface area contributed by atoms with Crippen LogP contribution < -0.4 is 4.90 Å². The van der Waals surface area contributed by atoms with Gasteiger partial charge in [-0.2, -0.15) is 0 Å². The van der Waals surface area contributed by atoms with E-state index in [9.17, 15) is 8.42 Å². The Hall–Kier alpha value is -1.07. The normalized spacial score (nSPS) is 11.8. The average molecular weight is 270 g/mol. The second-order valence-electron chi connectivity index (χ2n) is 4.51. The molecule has 0 aliphatic carbocycles. The lowest BCUT2D eigenvalue weighted by molar-refractivity contribution is 0.437. The Morgan fingerprint density at radius 2 is 1.67 bits per heavy atom. The molecular weight excluding hydrogens is 248 g/mol. The third-order valence-corrected chi connectivity index (χ3v) is 4.36. The number of aryl methyl sites for hydroxylation is 1. The maximum Gasteiger partial charge on any atom is 0.211 e. The van der Waals surface area contributed by atoms with Crippen molar-refractivity contribution in [3.63, 3.8) is 0 Å². The molecule has 0 fully saturated rings. The zero-order valence-corrected chi connectivity index (χ0v) is 12.4. The van der Waals surface area contributed by atoms with E-state index in [0.29, 0.717) is 19.6 Å². The van der Waals surface area contributed by atoms with E-state index in [1.807, 2.05) is 33.0 Å². The number of hydrogen-bond acceptors (Lipinski definition) is 3. The van der Waals surface area contributed by atoms with Crippen molar-refractivity contribution in [2.45, 2.75) is 13.8 Å². The van der Waals surface area contributed by atoms with Gasteiger partial charge >= 0.3 is 0 Å². The maximum atomic E-state index is 11.5. The summed E-state index contributed by atoms with van der Waals surface area (Å²) in [4.78, 5) is 2.06. The molecule has 1 rings (SSSR count). The molecule has 0 aliphatic rings. The van der Waals surface area contributed by atoms with Crippen LogP contribution in [-0.4, -0.2) is 45.7 Å². The van der Waals surface area contributed by atoms with E-state index in [1.54, 1.807) is 0 Å². The quantitative estimate of drug-likeness (QED) is 0.790. The molecule has 0 unspecified atom stereocenters. The lowest BCUT2D eigenvalue weighted by Gasteiger charge is -2.24. The van der Waals surface area contributed by atoms with Gasteiger partial charge in [0.25, 0.3) is 0 Å². The summed E-state index contributed by atoms with van der Waals surface area (Å²) in [6, 6.07) is 8.21. The van der Waals surface area contributed by atoms with Gasteiger partial charge in [0.05, 0.1) is 6.26 Å². The minimum Gasteiger partial charge on any atom is -0.373 e. The van der Waals surface area contributed by atoms with Crippen molar-refractivity contribution < 1.29 is 8.42 Å². The number of anilines is 1. The summed E-state index contributed by atoms with van der Waals surface area (Å²) in [7, 11) is -1.12. The van der Waals surface area contributed by atoms with Crippen LogP contribution in [-0.2, 0) is 10.0 Å². The Morgan fingerprint density at radius 1 is 1.11 bits per heavy atom. The first-order valence-corrected chi connectivity index (χ1v) is 7.92. The number of rotatable bonds is 6. The first-order chi connectivity index (χ1) is 8.34. The standard InChI is InChI=1S/C13H22N2O2S/c1-5-15(18(4,16)17)11-10-14(3)13-8-6-12(2)7-9-13/h6-9H,5,10-11H2,1-4H3. The Bertz CT molecular complexity index is 468. The molecule has 0 aliphatic heterocycles. The van der Waals surface area contributed by atoms with Gasteiger partial charge in [-0.15, -0.1) is 0 Å². The van der Waals surface area contributed by atoms with Gasteiger partial charge in [-0.3, -0.25) is 0 Å². The average Bonchev–Trinajstić information content (AvgIpc) is 2.28. The summed E-state index contributed by atoms with van der Waals surface area (Å²) in [5.41, 5.74) is 2.32. The fourth-order valence-electron chi connectivity index (χ4n) is 1.75. The molecule has 0 saturated carbocycles. The van der Waals surface area contributed by atoms with E-state index >= 15 is 0 Å². The minimum atomic E-state index is -3.09. The smallest absolute Gasteiger partial charge is 0.211 e. The summed E-state index contributed by atoms with van der Waals surface area (Å²) in [6.45, 7) is 5.61. The number of nitrogens with zero attached hydrogens (tertiary/aromatic N) is 2. The van der Waals surface area contributed by atoms with Crippen molar-refractivity contribution in [3.8, 4) is 0 Å². The molecule has 102 valence electrons. The first kappa shape index (κ1) is 15.0. The lowest BCUT2D eigenvalue weighted by atomic mass is 10.2. The summed E-state index contributed by atoms with van der Waals surface area (Å²) in [5.74, 6) is 0. The molecule has 0 N–H and O–H groups in total. The monoisotopic (exact) mass is 270 g/mol. The molecule has 0 atom stereocenters. The highest BCUT2D eigenvalue weighted by molar-refractivity contribution is 7.88. The third kappa shape index (κ3) is 4.31. The number of hydrogen-bond donors (Lipinski definition) is 0. The summed E-state index contributed by atoms with van der Waals surface area (Å²) in [6.07, 6.45) is 1.25. The van der Waals surface area contributed by atoms with Crippen LogP contribution in [0.15, 0.2) is 24.3 Å². The van der Waals surface area contributed by atoms with E-state index in [1.165, 1.54) is 16.1 Å². The van der Waals surface area contributed by atoms with Crippen LogP contribution in [0.3, 0.4) is 0 Å². The zero-order chi connectivity index (χ0) is 13.8. The van der Waals surface area contributed by atoms with Crippen molar-refractivity contribution in [2.24, 2.45) is 0 Å². The molecule has 0 saturated heterocycles. The van der Waals surface area contributed by atoms with Crippen LogP contribution in [0.25, 0.3) is 0 Å². The molecule has 4 nitrogen and oxygen atoms in total. The van der Waals surface area contributed by atoms with Crippen LogP contribution in [0, 0.1) is 6.92 Å². The van der Waals surface area contributed by atoms with Gasteiger partial charge in [0.15, 0.2) is 0 Å². The predicted molar refractivity (Wildman–Crippen MR) is 76.5 cm³/mol. The highest BCUT2D eigenvalue weighted by Crippen LogP contribution is 2.13. The van der Waals surface area contributed by atoms with Crippen LogP contribution in [0.4, 0.5) is 5.69 Å². The highest BCUT2D eigenvalue weighted by Gasteiger charge is 2.14. The van der Waals surface area contributed by atoms with E-state index in [4.69, 9.17) is 0 Å². The molecule has 18 heavy (non-hydrogen) atoms. The molecule has 0 aromatic heterocycles. The topological polar surface area (TPSA) is 40.6 Å². The lowest BCUT2D eigenvalue weighted by Crippen LogP contribution is -2.36. The van der Waals surface area contributed by atoms with Gasteiger partial charge in [0, 0.05) is 32.4 Å². The van der Waals surface area contributed by atoms with Gasteiger partial charge in [-0.25, -0.2) is 12.7 Å². The Balaban J connectivity index is 2.60. The van der Waals surface area contributed by atoms with E-state index in [0.717, 1.165) is 5.69 Å². The minimum absolute atomic E-state index is 0.514. The van der Waals surface area contributed by atoms with Crippen molar-refractivity contribution in [1.29, 1.82) is 0 Å². The van der Waals surface area contributed by atoms with E-state index in [2.05, 4.69) is 17.0 Å². The molecule has 1 aromatic carbocycles. The second kappa shape index (κ2) is 6.20. The van der Waals surface area contributed by atoms with Gasteiger partial charge in [-0.05, 0) is 19.1 Å². The van der Waals surface area contributed by atoms with Gasteiger partial charge in [0.2, 0.25) is 10.0 Å². The van der Waals surface area contributed by atoms with Gasteiger partial charge < -0.3 is 4.90 Å². The second-order valence-corrected chi connectivity index (χ2v) is 6.49. The molecule has 1 aromatic rings. The molecule has 0 spiro atoms. The van der Waals surface area contributed by atoms with Crippen LogP contribution in [0.2, 0.25) is 0 Å². The number of benzene rings is 1. The largest absolute Gasteiger partial charge is 0.373 e. The molecule has 0 radical (unpaired) electrons. The molecular formula is C13H22N2O2S.